The van der Waals surface area contributed by atoms with Crippen molar-refractivity contribution >= 4 is 40.2 Å². The van der Waals surface area contributed by atoms with Crippen molar-refractivity contribution < 1.29 is 179 Å². The van der Waals surface area contributed by atoms with Crippen molar-refractivity contribution in [3.05, 3.63) is 130 Å². The number of fused-ring (bicyclic) bond motifs is 2. The maximum Gasteiger partial charge on any atom is 1.00 e. The van der Waals surface area contributed by atoms with Crippen molar-refractivity contribution in [1.82, 2.24) is 19.5 Å². The van der Waals surface area contributed by atoms with Gasteiger partial charge in [-0.2, -0.15) is 0 Å². The SMILES string of the molecule is COC(=O)c1c(C)[nH]c2ccccc12.COC(=O)c1c(C)n(C(C)c2ccnc(C)c2)c2ccccc12.Cc1cc(C(C)C)ccn1.O=CO[O-].[2H]CF.[Cs+].[Cs+].[H-]. The number of nitrogens with zero attached hydrogens (tertiary/aromatic N) is 3. The Kier molecular flexibility index (Phi) is 25.9. The molecule has 0 saturated carbocycles. The average molecular weight is 996 g/mol. The van der Waals surface area contributed by atoms with Gasteiger partial charge < -0.3 is 30.6 Å². The normalized spacial score (nSPS) is 10.4. The van der Waals surface area contributed by atoms with Crippen molar-refractivity contribution in [1.29, 1.82) is 0 Å². The van der Waals surface area contributed by atoms with E-state index in [0.29, 0.717) is 17.0 Å². The van der Waals surface area contributed by atoms with Gasteiger partial charge in [-0.1, -0.05) is 50.2 Å². The molecule has 0 fully saturated rings. The van der Waals surface area contributed by atoms with E-state index in [4.69, 9.17) is 20.9 Å². The number of ether oxygens (including phenoxy) is 2. The third kappa shape index (κ3) is 15.2. The first-order valence-electron chi connectivity index (χ1n) is 17.3. The molecule has 4 aromatic heterocycles. The number of aromatic amines is 1. The van der Waals surface area contributed by atoms with Crippen LogP contribution in [0.2, 0.25) is 0 Å². The van der Waals surface area contributed by atoms with Crippen molar-refractivity contribution in [2.24, 2.45) is 0 Å². The van der Waals surface area contributed by atoms with E-state index in [1.54, 1.807) is 0 Å². The summed E-state index contributed by atoms with van der Waals surface area (Å²) < 4.78 is 27.4. The maximum atomic E-state index is 12.2. The molecule has 284 valence electrons. The summed E-state index contributed by atoms with van der Waals surface area (Å²) in [6.45, 7) is 14.2. The molecule has 0 saturated heterocycles. The van der Waals surface area contributed by atoms with Crippen LogP contribution in [0.1, 0.15) is 90.1 Å². The fourth-order valence-corrected chi connectivity index (χ4v) is 5.79. The summed E-state index contributed by atoms with van der Waals surface area (Å²) in [5.41, 5.74) is 9.65. The minimum Gasteiger partial charge on any atom is -1.00 e. The average Bonchev–Trinajstić information content (AvgIpc) is 3.67. The Bertz CT molecular complexity index is 2130. The van der Waals surface area contributed by atoms with Crippen LogP contribution in [0.4, 0.5) is 4.39 Å². The van der Waals surface area contributed by atoms with Crippen molar-refractivity contribution in [2.45, 2.75) is 60.4 Å². The Hall–Kier alpha value is -1.78. The summed E-state index contributed by atoms with van der Waals surface area (Å²) in [4.78, 5) is 46.5. The van der Waals surface area contributed by atoms with E-state index in [-0.39, 0.29) is 164 Å². The first-order valence-corrected chi connectivity index (χ1v) is 16.6. The second-order valence-electron chi connectivity index (χ2n) is 12.0. The van der Waals surface area contributed by atoms with Crippen LogP contribution < -0.4 is 143 Å². The van der Waals surface area contributed by atoms with Gasteiger partial charge >= 0.3 is 150 Å². The summed E-state index contributed by atoms with van der Waals surface area (Å²) >= 11 is 0. The molecule has 55 heavy (non-hydrogen) atoms. The van der Waals surface area contributed by atoms with Gasteiger partial charge in [0.25, 0.3) is 6.47 Å². The molecule has 2 aromatic carbocycles. The monoisotopic (exact) mass is 995 g/mol. The van der Waals surface area contributed by atoms with Crippen molar-refractivity contribution in [2.75, 3.05) is 21.4 Å². The number of alkyl halides is 1. The predicted octanol–water partition coefficient (Wildman–Crippen LogP) is 1.97. The fraction of sp³-hybridized carbons (Fsp3) is 0.293. The van der Waals surface area contributed by atoms with E-state index >= 15 is 0 Å². The van der Waals surface area contributed by atoms with Crippen LogP contribution in [0.5, 0.6) is 0 Å². The number of pyridine rings is 2. The summed E-state index contributed by atoms with van der Waals surface area (Å²) in [5.74, 6) is 0.0252. The Morgan fingerprint density at radius 3 is 1.80 bits per heavy atom. The molecule has 11 nitrogen and oxygen atoms in total. The Morgan fingerprint density at radius 1 is 0.836 bits per heavy atom. The Morgan fingerprint density at radius 2 is 1.31 bits per heavy atom. The number of carbonyl (C=O) groups is 3. The third-order valence-corrected chi connectivity index (χ3v) is 8.25. The number of methoxy groups -OCH3 is 2. The van der Waals surface area contributed by atoms with Crippen LogP contribution >= 0.6 is 0 Å². The zero-order valence-electron chi connectivity index (χ0n) is 35.6. The molecule has 0 bridgehead atoms. The number of benzene rings is 2. The van der Waals surface area contributed by atoms with E-state index in [0.717, 1.165) is 50.1 Å². The number of H-pyrrole nitrogens is 1. The van der Waals surface area contributed by atoms with Gasteiger partial charge in [0, 0.05) is 57.0 Å². The number of carbonyl (C=O) groups excluding carboxylic acids is 3. The molecular weight excluding hydrogens is 945 g/mol. The first kappa shape index (κ1) is 51.2. The second kappa shape index (κ2) is 27.8. The largest absolute Gasteiger partial charge is 1.00 e. The molecular formula is C41H49Cs2FN4O7. The third-order valence-electron chi connectivity index (χ3n) is 8.25. The number of hydrogen-bond donors (Lipinski definition) is 1. The van der Waals surface area contributed by atoms with E-state index in [1.165, 1.54) is 19.8 Å². The zero-order chi connectivity index (χ0) is 40.4. The Balaban J connectivity index is 0. The van der Waals surface area contributed by atoms with Crippen LogP contribution in [0, 0.1) is 27.7 Å². The minimum atomic E-state index is -1.00. The molecule has 0 spiro atoms. The molecule has 1 unspecified atom stereocenters. The molecule has 0 aliphatic carbocycles. The quantitative estimate of drug-likeness (QED) is 0.115. The van der Waals surface area contributed by atoms with Gasteiger partial charge in [0.2, 0.25) is 0 Å². The summed E-state index contributed by atoms with van der Waals surface area (Å²) in [5, 5.41) is 10.3. The van der Waals surface area contributed by atoms with Crippen LogP contribution in [-0.4, -0.2) is 59.3 Å². The maximum absolute atomic E-state index is 12.2. The second-order valence-corrected chi connectivity index (χ2v) is 12.0. The number of hydrogen-bond acceptors (Lipinski definition) is 9. The number of rotatable bonds is 6. The molecule has 4 heterocycles. The summed E-state index contributed by atoms with van der Waals surface area (Å²) in [6.07, 6.45) is 3.69. The number of aryl methyl sites for hydroxylation is 3. The number of aromatic nitrogens is 4. The van der Waals surface area contributed by atoms with E-state index < -0.39 is 7.15 Å². The van der Waals surface area contributed by atoms with Crippen LogP contribution in [0.25, 0.3) is 21.8 Å². The molecule has 0 radical (unpaired) electrons. The standard InChI is InChI=1S/C19H20N2O2.C11H11NO2.C9H13N.CH3F.CH2O3.2Cs.H/c1-12-11-15(9-10-20-12)13(2)21-14(3)18(19(22)23-4)16-7-5-6-8-17(16)21;1-7-10(11(13)14-2)8-5-3-4-6-9(8)12-7;1-7(2)9-4-5-10-8(3)6-9;1-2;2-1-4-3;;;/h5-11,13H,1-4H3;3-6,12H,1-2H3;4-7H,1-3H3;1H3;1,3H;;;/q;;;;;2*+1;-1/p-1/i;;;1D;;;;. The van der Waals surface area contributed by atoms with Gasteiger partial charge in [0.05, 0.1) is 39.9 Å². The predicted molar refractivity (Wildman–Crippen MR) is 204 cm³/mol. The molecule has 0 aliphatic rings. The molecule has 0 aliphatic heterocycles. The van der Waals surface area contributed by atoms with E-state index in [1.807, 2.05) is 94.7 Å². The fourth-order valence-electron chi connectivity index (χ4n) is 5.79. The summed E-state index contributed by atoms with van der Waals surface area (Å²) in [6, 6.07) is 24.0. The number of nitrogens with one attached hydrogen (secondary N) is 1. The van der Waals surface area contributed by atoms with Gasteiger partial charge in [0.1, 0.15) is 0 Å². The first-order chi connectivity index (χ1) is 25.8. The number of halogens is 1. The van der Waals surface area contributed by atoms with E-state index in [2.05, 4.69) is 63.4 Å². The molecule has 14 heteroatoms. The molecule has 1 atom stereocenters. The van der Waals surface area contributed by atoms with Crippen LogP contribution in [-0.2, 0) is 19.2 Å². The Labute approximate surface area is 443 Å². The molecule has 1 N–H and O–H groups in total. The summed E-state index contributed by atoms with van der Waals surface area (Å²) in [7, 11) is 1.81. The zero-order valence-corrected chi connectivity index (χ0v) is 46.2. The number of para-hydroxylation sites is 2. The number of esters is 2. The van der Waals surface area contributed by atoms with Crippen molar-refractivity contribution in [3.63, 3.8) is 0 Å². The van der Waals surface area contributed by atoms with E-state index in [9.17, 15) is 14.0 Å². The minimum absolute atomic E-state index is 0. The van der Waals surface area contributed by atoms with Gasteiger partial charge in [-0.3, -0.25) is 19.2 Å². The molecule has 6 aromatic rings. The van der Waals surface area contributed by atoms with Gasteiger partial charge in [-0.25, -0.2) is 9.59 Å². The molecule has 0 amide bonds. The van der Waals surface area contributed by atoms with Gasteiger partial charge in [0.15, 0.2) is 0 Å². The topological polar surface area (TPSA) is 148 Å². The molecule has 6 rings (SSSR count). The van der Waals surface area contributed by atoms with Crippen molar-refractivity contribution in [3.8, 4) is 0 Å². The van der Waals surface area contributed by atoms with Crippen LogP contribution in [0.3, 0.4) is 0 Å². The smallest absolute Gasteiger partial charge is 1.00 e. The van der Waals surface area contributed by atoms with Gasteiger partial charge in [-0.05, 0) is 88.1 Å². The van der Waals surface area contributed by atoms with Crippen LogP contribution in [0.15, 0.2) is 85.2 Å². The van der Waals surface area contributed by atoms with Gasteiger partial charge in [-0.15, -0.1) is 0 Å².